The van der Waals surface area contributed by atoms with Gasteiger partial charge in [-0.1, -0.05) is 41.9 Å². The summed E-state index contributed by atoms with van der Waals surface area (Å²) < 4.78 is 0. The third-order valence-electron chi connectivity index (χ3n) is 3.10. The predicted molar refractivity (Wildman–Crippen MR) is 92.4 cm³/mol. The minimum atomic E-state index is -0.374. The minimum Gasteiger partial charge on any atom is -0.506 e. The van der Waals surface area contributed by atoms with Crippen molar-refractivity contribution < 1.29 is 5.11 Å². The number of aromatic amines is 1. The monoisotopic (exact) mass is 341 g/mol. The lowest BCUT2D eigenvalue weighted by Gasteiger charge is -2.01. The van der Waals surface area contributed by atoms with Crippen molar-refractivity contribution in [3.63, 3.8) is 0 Å². The molecule has 1 heterocycles. The molecule has 0 bridgehead atoms. The van der Waals surface area contributed by atoms with Crippen molar-refractivity contribution in [1.82, 2.24) is 15.2 Å². The van der Waals surface area contributed by atoms with Gasteiger partial charge in [0.25, 0.3) is 5.56 Å². The molecule has 0 saturated heterocycles. The van der Waals surface area contributed by atoms with E-state index >= 15 is 0 Å². The molecule has 0 aliphatic carbocycles. The Morgan fingerprint density at radius 2 is 1.96 bits per heavy atom. The highest BCUT2D eigenvalue weighted by Gasteiger charge is 2.06. The van der Waals surface area contributed by atoms with Crippen LogP contribution in [0.5, 0.6) is 5.75 Å². The Kier molecular flexibility index (Phi) is 4.53. The number of phenolic OH excluding ortho intramolecular Hbond substituents is 1. The van der Waals surface area contributed by atoms with Crippen LogP contribution in [-0.2, 0) is 0 Å². The summed E-state index contributed by atoms with van der Waals surface area (Å²) in [5, 5.41) is 21.3. The second-order valence-electron chi connectivity index (χ2n) is 4.80. The maximum Gasteiger partial charge on any atom is 0.279 e. The van der Waals surface area contributed by atoms with Crippen LogP contribution in [0.3, 0.4) is 0 Å². The zero-order valence-electron chi connectivity index (χ0n) is 12.3. The van der Waals surface area contributed by atoms with E-state index in [1.807, 2.05) is 18.2 Å². The second-order valence-corrected chi connectivity index (χ2v) is 5.21. The molecule has 3 aromatic rings. The maximum atomic E-state index is 12.1. The summed E-state index contributed by atoms with van der Waals surface area (Å²) in [6.45, 7) is 0. The van der Waals surface area contributed by atoms with E-state index in [1.165, 1.54) is 12.3 Å². The van der Waals surface area contributed by atoms with E-state index in [-0.39, 0.29) is 28.0 Å². The molecule has 120 valence electrons. The van der Waals surface area contributed by atoms with Gasteiger partial charge in [0.2, 0.25) is 5.95 Å². The molecular weight excluding hydrogens is 330 g/mol. The summed E-state index contributed by atoms with van der Waals surface area (Å²) in [4.78, 5) is 14.6. The number of benzene rings is 2. The summed E-state index contributed by atoms with van der Waals surface area (Å²) in [5.41, 5.74) is 3.79. The average Bonchev–Trinajstić information content (AvgIpc) is 2.59. The lowest BCUT2D eigenvalue weighted by molar-refractivity contribution is 0.475. The molecule has 1 aromatic heterocycles. The highest BCUT2D eigenvalue weighted by Crippen LogP contribution is 2.22. The van der Waals surface area contributed by atoms with Crippen LogP contribution < -0.4 is 11.0 Å². The molecule has 0 amide bonds. The molecule has 0 atom stereocenters. The van der Waals surface area contributed by atoms with Gasteiger partial charge in [0.05, 0.1) is 11.2 Å². The first-order valence-electron chi connectivity index (χ1n) is 6.93. The quantitative estimate of drug-likeness (QED) is 0.500. The smallest absolute Gasteiger partial charge is 0.279 e. The summed E-state index contributed by atoms with van der Waals surface area (Å²) in [5.74, 6) is 0.106. The standard InChI is InChI=1S/C16H12ClN5O2/c17-12-8-10(6-7-13(12)23)9-18-21-16-19-15(24)14(20-22-16)11-4-2-1-3-5-11/h1-9,23H,(H2,19,21,22,24)/b18-9+. The Bertz CT molecular complexity index is 941. The summed E-state index contributed by atoms with van der Waals surface area (Å²) in [6.07, 6.45) is 1.47. The van der Waals surface area contributed by atoms with Crippen LogP contribution in [-0.4, -0.2) is 26.5 Å². The first-order valence-corrected chi connectivity index (χ1v) is 7.31. The third kappa shape index (κ3) is 3.58. The highest BCUT2D eigenvalue weighted by molar-refractivity contribution is 6.32. The van der Waals surface area contributed by atoms with E-state index < -0.39 is 0 Å². The fourth-order valence-corrected chi connectivity index (χ4v) is 2.13. The van der Waals surface area contributed by atoms with Crippen LogP contribution in [0.15, 0.2) is 58.4 Å². The van der Waals surface area contributed by atoms with Crippen molar-refractivity contribution in [1.29, 1.82) is 0 Å². The Balaban J connectivity index is 1.74. The van der Waals surface area contributed by atoms with Crippen molar-refractivity contribution in [2.24, 2.45) is 5.10 Å². The van der Waals surface area contributed by atoms with E-state index in [4.69, 9.17) is 11.6 Å². The van der Waals surface area contributed by atoms with Crippen LogP contribution in [0, 0.1) is 0 Å². The second kappa shape index (κ2) is 6.93. The number of nitrogens with zero attached hydrogens (tertiary/aromatic N) is 3. The number of phenols is 1. The summed E-state index contributed by atoms with van der Waals surface area (Å²) in [6, 6.07) is 13.7. The van der Waals surface area contributed by atoms with Gasteiger partial charge in [0.1, 0.15) is 5.75 Å². The van der Waals surface area contributed by atoms with Gasteiger partial charge in [-0.2, -0.15) is 5.10 Å². The predicted octanol–water partition coefficient (Wildman–Crippen LogP) is 2.64. The van der Waals surface area contributed by atoms with E-state index in [1.54, 1.807) is 24.3 Å². The van der Waals surface area contributed by atoms with E-state index in [9.17, 15) is 9.90 Å². The molecular formula is C16H12ClN5O2. The normalized spacial score (nSPS) is 10.9. The third-order valence-corrected chi connectivity index (χ3v) is 3.40. The zero-order chi connectivity index (χ0) is 16.9. The number of halogens is 1. The molecule has 3 rings (SSSR count). The molecule has 0 unspecified atom stereocenters. The zero-order valence-corrected chi connectivity index (χ0v) is 13.0. The number of anilines is 1. The van der Waals surface area contributed by atoms with Crippen molar-refractivity contribution in [3.8, 4) is 17.0 Å². The number of nitrogens with one attached hydrogen (secondary N) is 2. The van der Waals surface area contributed by atoms with Crippen LogP contribution in [0.25, 0.3) is 11.3 Å². The molecule has 8 heteroatoms. The topological polar surface area (TPSA) is 103 Å². The van der Waals surface area contributed by atoms with Gasteiger partial charge in [0, 0.05) is 5.56 Å². The fourth-order valence-electron chi connectivity index (χ4n) is 1.94. The van der Waals surface area contributed by atoms with Gasteiger partial charge in [-0.05, 0) is 23.8 Å². The van der Waals surface area contributed by atoms with Gasteiger partial charge in [-0.15, -0.1) is 10.2 Å². The van der Waals surface area contributed by atoms with E-state index in [0.29, 0.717) is 11.1 Å². The highest BCUT2D eigenvalue weighted by atomic mass is 35.5. The molecule has 0 saturated carbocycles. The van der Waals surface area contributed by atoms with Crippen molar-refractivity contribution in [2.75, 3.05) is 5.43 Å². The molecule has 0 fully saturated rings. The first-order chi connectivity index (χ1) is 11.6. The first kappa shape index (κ1) is 15.7. The van der Waals surface area contributed by atoms with Gasteiger partial charge in [-0.25, -0.2) is 5.43 Å². The molecule has 0 aliphatic heterocycles. The Morgan fingerprint density at radius 3 is 2.67 bits per heavy atom. The van der Waals surface area contributed by atoms with Crippen LogP contribution in [0.1, 0.15) is 5.56 Å². The summed E-state index contributed by atoms with van der Waals surface area (Å²) >= 11 is 5.80. The molecule has 0 spiro atoms. The number of rotatable bonds is 4. The Morgan fingerprint density at radius 1 is 1.17 bits per heavy atom. The number of hydrogen-bond acceptors (Lipinski definition) is 6. The van der Waals surface area contributed by atoms with Gasteiger partial charge >= 0.3 is 0 Å². The number of hydrogen-bond donors (Lipinski definition) is 3. The number of hydrazone groups is 1. The largest absolute Gasteiger partial charge is 0.506 e. The van der Waals surface area contributed by atoms with E-state index in [2.05, 4.69) is 25.7 Å². The minimum absolute atomic E-state index is 0.00604. The van der Waals surface area contributed by atoms with Gasteiger partial charge < -0.3 is 5.11 Å². The number of H-pyrrole nitrogens is 1. The van der Waals surface area contributed by atoms with Crippen molar-refractivity contribution in [2.45, 2.75) is 0 Å². The van der Waals surface area contributed by atoms with Crippen LogP contribution in [0.2, 0.25) is 5.02 Å². The average molecular weight is 342 g/mol. The van der Waals surface area contributed by atoms with Crippen LogP contribution in [0.4, 0.5) is 5.95 Å². The molecule has 0 aliphatic rings. The van der Waals surface area contributed by atoms with Crippen molar-refractivity contribution in [3.05, 3.63) is 69.5 Å². The number of aromatic nitrogens is 3. The molecule has 24 heavy (non-hydrogen) atoms. The maximum absolute atomic E-state index is 12.1. The number of aromatic hydroxyl groups is 1. The molecule has 3 N–H and O–H groups in total. The SMILES string of the molecule is O=c1[nH]c(N/N=C/c2ccc(O)c(Cl)c2)nnc1-c1ccccc1. The molecule has 7 nitrogen and oxygen atoms in total. The Hall–Kier alpha value is -3.19. The molecule has 2 aromatic carbocycles. The Labute approximate surface area is 141 Å². The van der Waals surface area contributed by atoms with Crippen LogP contribution >= 0.6 is 11.6 Å². The molecule has 0 radical (unpaired) electrons. The van der Waals surface area contributed by atoms with Gasteiger partial charge in [0.15, 0.2) is 5.69 Å². The van der Waals surface area contributed by atoms with Gasteiger partial charge in [-0.3, -0.25) is 9.78 Å². The fraction of sp³-hybridized carbons (Fsp3) is 0. The van der Waals surface area contributed by atoms with E-state index in [0.717, 1.165) is 0 Å². The van der Waals surface area contributed by atoms with Crippen molar-refractivity contribution >= 4 is 23.8 Å². The lowest BCUT2D eigenvalue weighted by Crippen LogP contribution is -2.15. The lowest BCUT2D eigenvalue weighted by atomic mass is 10.2. The summed E-state index contributed by atoms with van der Waals surface area (Å²) in [7, 11) is 0.